The van der Waals surface area contributed by atoms with Gasteiger partial charge in [0.2, 0.25) is 0 Å². The van der Waals surface area contributed by atoms with Crippen LogP contribution >= 0.6 is 0 Å². The number of benzene rings is 2. The van der Waals surface area contributed by atoms with Crippen molar-refractivity contribution in [1.82, 2.24) is 20.1 Å². The van der Waals surface area contributed by atoms with Crippen LogP contribution in [0.1, 0.15) is 84.4 Å². The lowest BCUT2D eigenvalue weighted by Gasteiger charge is -2.51. The van der Waals surface area contributed by atoms with Crippen molar-refractivity contribution in [2.24, 2.45) is 7.05 Å². The lowest BCUT2D eigenvalue weighted by atomic mass is 9.56. The van der Waals surface area contributed by atoms with Crippen molar-refractivity contribution in [3.8, 4) is 0 Å². The van der Waals surface area contributed by atoms with Crippen LogP contribution in [0.4, 0.5) is 18.9 Å². The molecule has 2 aliphatic carbocycles. The number of aliphatic hydroxyl groups is 1. The van der Waals surface area contributed by atoms with Crippen LogP contribution < -0.4 is 10.2 Å². The zero-order chi connectivity index (χ0) is 27.8. The van der Waals surface area contributed by atoms with Gasteiger partial charge in [-0.1, -0.05) is 12.1 Å². The van der Waals surface area contributed by atoms with Gasteiger partial charge in [0.25, 0.3) is 5.91 Å². The number of fused-ring (bicyclic) bond motifs is 1. The predicted molar refractivity (Wildman–Crippen MR) is 139 cm³/mol. The van der Waals surface area contributed by atoms with Crippen LogP contribution in [0, 0.1) is 0 Å². The van der Waals surface area contributed by atoms with Crippen LogP contribution in [0.2, 0.25) is 0 Å². The summed E-state index contributed by atoms with van der Waals surface area (Å²) in [5.74, 6) is 0.247. The molecule has 7 nitrogen and oxygen atoms in total. The topological polar surface area (TPSA) is 83.3 Å². The van der Waals surface area contributed by atoms with E-state index in [1.807, 2.05) is 23.7 Å². The summed E-state index contributed by atoms with van der Waals surface area (Å²) in [5.41, 5.74) is -0.426. The minimum atomic E-state index is -4.58. The number of hydrogen-bond donors (Lipinski definition) is 2. The van der Waals surface area contributed by atoms with Gasteiger partial charge in [0, 0.05) is 30.4 Å². The molecule has 2 heterocycles. The molecule has 0 unspecified atom stereocenters. The Morgan fingerprint density at radius 2 is 1.87 bits per heavy atom. The molecule has 0 atom stereocenters. The maximum atomic E-state index is 14.2. The molecule has 39 heavy (non-hydrogen) atoms. The second-order valence-electron chi connectivity index (χ2n) is 12.1. The molecule has 10 heteroatoms. The van der Waals surface area contributed by atoms with Crippen molar-refractivity contribution >= 4 is 11.6 Å². The van der Waals surface area contributed by atoms with Crippen molar-refractivity contribution in [2.75, 3.05) is 4.90 Å². The lowest BCUT2D eigenvalue weighted by Crippen LogP contribution is -2.54. The number of nitrogens with zero attached hydrogens (tertiary/aromatic N) is 4. The van der Waals surface area contributed by atoms with E-state index in [9.17, 15) is 23.1 Å². The van der Waals surface area contributed by atoms with Gasteiger partial charge >= 0.3 is 6.18 Å². The van der Waals surface area contributed by atoms with Crippen molar-refractivity contribution in [3.63, 3.8) is 0 Å². The summed E-state index contributed by atoms with van der Waals surface area (Å²) in [6, 6.07) is 10.1. The van der Waals surface area contributed by atoms with E-state index in [-0.39, 0.29) is 29.8 Å². The van der Waals surface area contributed by atoms with E-state index in [2.05, 4.69) is 22.4 Å². The number of carbonyl (C=O) groups excluding carboxylic acids is 1. The lowest BCUT2D eigenvalue weighted by molar-refractivity contribution is -0.138. The summed E-state index contributed by atoms with van der Waals surface area (Å²) in [6.07, 6.45) is 0.923. The van der Waals surface area contributed by atoms with E-state index < -0.39 is 28.7 Å². The largest absolute Gasteiger partial charge is 0.416 e. The summed E-state index contributed by atoms with van der Waals surface area (Å²) < 4.78 is 44.4. The number of anilines is 1. The minimum absolute atomic E-state index is 0.00565. The van der Waals surface area contributed by atoms with Crippen molar-refractivity contribution in [3.05, 3.63) is 76.4 Å². The number of rotatable bonds is 6. The zero-order valence-corrected chi connectivity index (χ0v) is 22.3. The zero-order valence-electron chi connectivity index (χ0n) is 22.3. The van der Waals surface area contributed by atoms with Crippen molar-refractivity contribution in [1.29, 1.82) is 0 Å². The van der Waals surface area contributed by atoms with Crippen LogP contribution in [0.5, 0.6) is 0 Å². The molecular formula is C29H32F3N5O2. The number of hydrogen-bond acceptors (Lipinski definition) is 5. The number of carbonyl (C=O) groups is 1. The van der Waals surface area contributed by atoms with Gasteiger partial charge in [-0.15, -0.1) is 10.2 Å². The number of amides is 1. The van der Waals surface area contributed by atoms with E-state index in [0.29, 0.717) is 29.9 Å². The van der Waals surface area contributed by atoms with E-state index in [0.717, 1.165) is 24.8 Å². The number of halogens is 3. The Hall–Kier alpha value is -3.24. The summed E-state index contributed by atoms with van der Waals surface area (Å²) in [5, 5.41) is 22.4. The van der Waals surface area contributed by atoms with Gasteiger partial charge in [-0.3, -0.25) is 4.79 Å². The first kappa shape index (κ1) is 26.0. The molecule has 2 saturated carbocycles. The highest BCUT2D eigenvalue weighted by molar-refractivity contribution is 6.10. The van der Waals surface area contributed by atoms with E-state index in [1.54, 1.807) is 31.5 Å². The van der Waals surface area contributed by atoms with Gasteiger partial charge < -0.3 is 19.9 Å². The fraction of sp³-hybridized carbons (Fsp3) is 0.483. The Bertz CT molecular complexity index is 1450. The minimum Gasteiger partial charge on any atom is -0.390 e. The molecule has 0 radical (unpaired) electrons. The van der Waals surface area contributed by atoms with Gasteiger partial charge in [-0.05, 0) is 86.9 Å². The molecule has 2 N–H and O–H groups in total. The van der Waals surface area contributed by atoms with Crippen molar-refractivity contribution < 1.29 is 23.1 Å². The van der Waals surface area contributed by atoms with Crippen LogP contribution in [0.15, 0.2) is 42.7 Å². The van der Waals surface area contributed by atoms with Crippen LogP contribution in [-0.2, 0) is 31.7 Å². The fourth-order valence-corrected chi connectivity index (χ4v) is 6.66. The average molecular weight is 540 g/mol. The maximum absolute atomic E-state index is 14.2. The Labute approximate surface area is 225 Å². The molecule has 1 aromatic heterocycles. The molecule has 0 bridgehead atoms. The molecule has 6 rings (SSSR count). The van der Waals surface area contributed by atoms with Gasteiger partial charge in [-0.2, -0.15) is 13.2 Å². The summed E-state index contributed by atoms with van der Waals surface area (Å²) in [7, 11) is 1.84. The van der Waals surface area contributed by atoms with Crippen LogP contribution in [-0.4, -0.2) is 36.9 Å². The molecule has 2 aromatic carbocycles. The highest BCUT2D eigenvalue weighted by atomic mass is 19.4. The number of aryl methyl sites for hydroxylation is 1. The summed E-state index contributed by atoms with van der Waals surface area (Å²) in [4.78, 5) is 15.0. The van der Waals surface area contributed by atoms with E-state index in [4.69, 9.17) is 0 Å². The Morgan fingerprint density at radius 1 is 1.13 bits per heavy atom. The van der Waals surface area contributed by atoms with E-state index in [1.165, 1.54) is 11.0 Å². The Morgan fingerprint density at radius 3 is 2.46 bits per heavy atom. The van der Waals surface area contributed by atoms with Gasteiger partial charge in [-0.25, -0.2) is 0 Å². The van der Waals surface area contributed by atoms with Gasteiger partial charge in [0.05, 0.1) is 23.1 Å². The molecule has 206 valence electrons. The Balaban J connectivity index is 1.35. The summed E-state index contributed by atoms with van der Waals surface area (Å²) in [6.45, 7) is 3.95. The first-order chi connectivity index (χ1) is 18.3. The molecule has 3 aliphatic rings. The normalized spacial score (nSPS) is 25.8. The number of aromatic nitrogens is 3. The molecule has 0 saturated heterocycles. The molecule has 1 amide bonds. The Kier molecular flexibility index (Phi) is 5.75. The number of nitrogens with one attached hydrogen (secondary N) is 1. The smallest absolute Gasteiger partial charge is 0.390 e. The fourth-order valence-electron chi connectivity index (χ4n) is 6.66. The quantitative estimate of drug-likeness (QED) is 0.468. The third kappa shape index (κ3) is 4.34. The molecule has 0 spiro atoms. The standard InChI is InChI=1S/C29H32F3N5O2/c1-26(8-5-9-26)33-13-18-10-21-22(23(11-18)29(30,31)32)14-37(24(21)38)20-7-4-6-19(12-20)28(15-27(2,39)16-28)25-35-34-17-36(25)3/h4,6-7,10-12,17,33,39H,5,8-9,13-16H2,1-3H3. The predicted octanol–water partition coefficient (Wildman–Crippen LogP) is 4.86. The molecule has 1 aliphatic heterocycles. The first-order valence-electron chi connectivity index (χ1n) is 13.3. The maximum Gasteiger partial charge on any atom is 0.416 e. The highest BCUT2D eigenvalue weighted by Gasteiger charge is 2.56. The van der Waals surface area contributed by atoms with Crippen molar-refractivity contribution in [2.45, 2.75) is 81.8 Å². The van der Waals surface area contributed by atoms with Gasteiger partial charge in [0.1, 0.15) is 12.2 Å². The monoisotopic (exact) mass is 539 g/mol. The third-order valence-electron chi connectivity index (χ3n) is 8.80. The number of alkyl halides is 3. The third-order valence-corrected chi connectivity index (χ3v) is 8.80. The van der Waals surface area contributed by atoms with Gasteiger partial charge in [0.15, 0.2) is 0 Å². The summed E-state index contributed by atoms with van der Waals surface area (Å²) >= 11 is 0. The molecular weight excluding hydrogens is 507 g/mol. The SMILES string of the molecule is Cn1cnnc1C1(c2cccc(N3Cc4c(cc(CNC5(C)CCC5)cc4C(F)(F)F)C3=O)c2)CC(C)(O)C1. The first-order valence-corrected chi connectivity index (χ1v) is 13.3. The van der Waals surface area contributed by atoms with E-state index >= 15 is 0 Å². The molecule has 3 aromatic rings. The highest BCUT2D eigenvalue weighted by Crippen LogP contribution is 2.54. The molecule has 2 fully saturated rings. The second kappa shape index (κ2) is 8.63. The van der Waals surface area contributed by atoms with Crippen LogP contribution in [0.25, 0.3) is 0 Å². The van der Waals surface area contributed by atoms with Crippen LogP contribution in [0.3, 0.4) is 0 Å². The average Bonchev–Trinajstić information content (AvgIpc) is 3.42. The second-order valence-corrected chi connectivity index (χ2v) is 12.1.